The molecular weight excluding hydrogens is 352 g/mol. The van der Waals surface area contributed by atoms with E-state index in [-0.39, 0.29) is 6.04 Å². The van der Waals surface area contributed by atoms with E-state index in [0.29, 0.717) is 28.8 Å². The molecule has 1 heterocycles. The maximum atomic E-state index is 5.49. The molecule has 0 N–H and O–H groups in total. The van der Waals surface area contributed by atoms with Gasteiger partial charge in [-0.25, -0.2) is 9.97 Å². The topological polar surface area (TPSA) is 69.0 Å². The molecule has 6 heteroatoms. The largest absolute Gasteiger partial charge is 0.496 e. The van der Waals surface area contributed by atoms with Crippen LogP contribution in [0, 0.1) is 13.8 Å². The Morgan fingerprint density at radius 2 is 1.54 bits per heavy atom. The zero-order valence-electron chi connectivity index (χ0n) is 16.8. The standard InChI is InChI=1S/C22H24N4O2/c1-14-9-11-17(12-10-14)15(2)25-26-21-13-18(23-16(3)24-21)22-19(27-4)7-6-8-20(22)28-5/h6-13,15H,1-5H3. The Balaban J connectivity index is 1.95. The molecule has 1 unspecified atom stereocenters. The van der Waals surface area contributed by atoms with Crippen molar-refractivity contribution in [2.45, 2.75) is 26.8 Å². The summed E-state index contributed by atoms with van der Waals surface area (Å²) in [7, 11) is 3.24. The van der Waals surface area contributed by atoms with Crippen LogP contribution < -0.4 is 9.47 Å². The lowest BCUT2D eigenvalue weighted by Gasteiger charge is -2.13. The Labute approximate surface area is 165 Å². The second-order valence-corrected chi connectivity index (χ2v) is 6.50. The number of rotatable bonds is 6. The molecule has 0 bridgehead atoms. The van der Waals surface area contributed by atoms with E-state index in [1.54, 1.807) is 20.3 Å². The van der Waals surface area contributed by atoms with Crippen LogP contribution in [0.25, 0.3) is 11.3 Å². The highest BCUT2D eigenvalue weighted by molar-refractivity contribution is 5.75. The van der Waals surface area contributed by atoms with Crippen molar-refractivity contribution in [2.75, 3.05) is 14.2 Å². The van der Waals surface area contributed by atoms with Gasteiger partial charge in [-0.15, -0.1) is 5.11 Å². The van der Waals surface area contributed by atoms with E-state index in [0.717, 1.165) is 11.1 Å². The lowest BCUT2D eigenvalue weighted by Crippen LogP contribution is -1.97. The van der Waals surface area contributed by atoms with Gasteiger partial charge in [0.2, 0.25) is 0 Å². The number of aryl methyl sites for hydroxylation is 2. The Kier molecular flexibility index (Phi) is 5.99. The van der Waals surface area contributed by atoms with Crippen LogP contribution in [0.5, 0.6) is 11.5 Å². The van der Waals surface area contributed by atoms with Crippen LogP contribution in [-0.4, -0.2) is 24.2 Å². The second kappa shape index (κ2) is 8.61. The number of aromatic nitrogens is 2. The fourth-order valence-corrected chi connectivity index (χ4v) is 2.89. The van der Waals surface area contributed by atoms with Crippen molar-refractivity contribution in [2.24, 2.45) is 10.2 Å². The van der Waals surface area contributed by atoms with E-state index < -0.39 is 0 Å². The Hall–Kier alpha value is -3.28. The highest BCUT2D eigenvalue weighted by Crippen LogP contribution is 2.38. The highest BCUT2D eigenvalue weighted by Gasteiger charge is 2.15. The first-order valence-electron chi connectivity index (χ1n) is 9.06. The van der Waals surface area contributed by atoms with E-state index in [1.165, 1.54) is 5.56 Å². The minimum atomic E-state index is -0.0693. The summed E-state index contributed by atoms with van der Waals surface area (Å²) < 4.78 is 11.0. The van der Waals surface area contributed by atoms with Gasteiger partial charge >= 0.3 is 0 Å². The molecule has 6 nitrogen and oxygen atoms in total. The number of azo groups is 1. The molecule has 0 aliphatic rings. The van der Waals surface area contributed by atoms with Crippen molar-refractivity contribution < 1.29 is 9.47 Å². The maximum Gasteiger partial charge on any atom is 0.177 e. The van der Waals surface area contributed by atoms with E-state index in [1.807, 2.05) is 32.0 Å². The number of nitrogens with zero attached hydrogens (tertiary/aromatic N) is 4. The monoisotopic (exact) mass is 376 g/mol. The van der Waals surface area contributed by atoms with Crippen molar-refractivity contribution >= 4 is 5.82 Å². The second-order valence-electron chi connectivity index (χ2n) is 6.50. The van der Waals surface area contributed by atoms with Gasteiger partial charge in [0.25, 0.3) is 0 Å². The molecule has 2 aromatic carbocycles. The van der Waals surface area contributed by atoms with Gasteiger partial charge in [0.1, 0.15) is 17.3 Å². The van der Waals surface area contributed by atoms with Crippen molar-refractivity contribution in [1.82, 2.24) is 9.97 Å². The number of hydrogen-bond donors (Lipinski definition) is 0. The molecule has 3 rings (SSSR count). The molecule has 0 saturated heterocycles. The fraction of sp³-hybridized carbons (Fsp3) is 0.273. The SMILES string of the molecule is COc1cccc(OC)c1-c1cc(N=NC(C)c2ccc(C)cc2)nc(C)n1. The number of benzene rings is 2. The van der Waals surface area contributed by atoms with Gasteiger partial charge in [-0.2, -0.15) is 5.11 Å². The molecule has 0 radical (unpaired) electrons. The van der Waals surface area contributed by atoms with Crippen molar-refractivity contribution in [1.29, 1.82) is 0 Å². The predicted octanol–water partition coefficient (Wildman–Crippen LogP) is 5.62. The van der Waals surface area contributed by atoms with Gasteiger partial charge < -0.3 is 9.47 Å². The van der Waals surface area contributed by atoms with Gasteiger partial charge in [0, 0.05) is 6.07 Å². The summed E-state index contributed by atoms with van der Waals surface area (Å²) in [5.41, 5.74) is 3.77. The first-order chi connectivity index (χ1) is 13.5. The fourth-order valence-electron chi connectivity index (χ4n) is 2.89. The van der Waals surface area contributed by atoms with E-state index in [2.05, 4.69) is 51.4 Å². The van der Waals surface area contributed by atoms with Crippen LogP contribution in [0.4, 0.5) is 5.82 Å². The third-order valence-electron chi connectivity index (χ3n) is 4.40. The summed E-state index contributed by atoms with van der Waals surface area (Å²) in [6.07, 6.45) is 0. The number of ether oxygens (including phenoxy) is 2. The van der Waals surface area contributed by atoms with Crippen LogP contribution in [0.1, 0.15) is 29.9 Å². The zero-order valence-corrected chi connectivity index (χ0v) is 16.8. The normalized spacial score (nSPS) is 12.2. The first-order valence-corrected chi connectivity index (χ1v) is 9.06. The minimum absolute atomic E-state index is 0.0693. The molecule has 0 aliphatic heterocycles. The molecule has 0 fully saturated rings. The summed E-state index contributed by atoms with van der Waals surface area (Å²) in [6, 6.07) is 15.6. The maximum absolute atomic E-state index is 5.49. The quantitative estimate of drug-likeness (QED) is 0.523. The third-order valence-corrected chi connectivity index (χ3v) is 4.40. The molecule has 0 saturated carbocycles. The molecule has 1 aromatic heterocycles. The molecule has 0 aliphatic carbocycles. The van der Waals surface area contributed by atoms with Gasteiger partial charge in [-0.3, -0.25) is 0 Å². The number of methoxy groups -OCH3 is 2. The molecule has 0 spiro atoms. The van der Waals surface area contributed by atoms with Crippen molar-refractivity contribution in [3.05, 3.63) is 65.5 Å². The predicted molar refractivity (Wildman–Crippen MR) is 109 cm³/mol. The average molecular weight is 376 g/mol. The number of hydrogen-bond acceptors (Lipinski definition) is 6. The van der Waals surface area contributed by atoms with Crippen LogP contribution in [0.2, 0.25) is 0 Å². The summed E-state index contributed by atoms with van der Waals surface area (Å²) in [4.78, 5) is 8.94. The van der Waals surface area contributed by atoms with Crippen LogP contribution in [-0.2, 0) is 0 Å². The first kappa shape index (κ1) is 19.5. The Morgan fingerprint density at radius 1 is 0.893 bits per heavy atom. The van der Waals surface area contributed by atoms with E-state index in [9.17, 15) is 0 Å². The lowest BCUT2D eigenvalue weighted by atomic mass is 10.1. The smallest absolute Gasteiger partial charge is 0.177 e. The molecule has 0 amide bonds. The molecule has 3 aromatic rings. The molecule has 144 valence electrons. The third kappa shape index (κ3) is 4.34. The molecular formula is C22H24N4O2. The van der Waals surface area contributed by atoms with Gasteiger partial charge in [0.05, 0.1) is 31.5 Å². The van der Waals surface area contributed by atoms with Crippen LogP contribution in [0.15, 0.2) is 58.8 Å². The summed E-state index contributed by atoms with van der Waals surface area (Å²) in [5.74, 6) is 2.44. The summed E-state index contributed by atoms with van der Waals surface area (Å²) >= 11 is 0. The van der Waals surface area contributed by atoms with Crippen LogP contribution in [0.3, 0.4) is 0 Å². The van der Waals surface area contributed by atoms with Gasteiger partial charge in [-0.1, -0.05) is 35.9 Å². The van der Waals surface area contributed by atoms with E-state index >= 15 is 0 Å². The lowest BCUT2D eigenvalue weighted by molar-refractivity contribution is 0.397. The van der Waals surface area contributed by atoms with Crippen LogP contribution >= 0.6 is 0 Å². The van der Waals surface area contributed by atoms with Crippen molar-refractivity contribution in [3.63, 3.8) is 0 Å². The average Bonchev–Trinajstić information content (AvgIpc) is 2.71. The highest BCUT2D eigenvalue weighted by atomic mass is 16.5. The van der Waals surface area contributed by atoms with Gasteiger partial charge in [0.15, 0.2) is 5.82 Å². The Bertz CT molecular complexity index is 962. The van der Waals surface area contributed by atoms with Crippen molar-refractivity contribution in [3.8, 4) is 22.8 Å². The summed E-state index contributed by atoms with van der Waals surface area (Å²) in [6.45, 7) is 5.90. The molecule has 1 atom stereocenters. The minimum Gasteiger partial charge on any atom is -0.496 e. The Morgan fingerprint density at radius 3 is 2.14 bits per heavy atom. The zero-order chi connectivity index (χ0) is 20.1. The molecule has 28 heavy (non-hydrogen) atoms. The van der Waals surface area contributed by atoms with Gasteiger partial charge in [-0.05, 0) is 38.5 Å². The van der Waals surface area contributed by atoms with E-state index in [4.69, 9.17) is 9.47 Å². The summed E-state index contributed by atoms with van der Waals surface area (Å²) in [5, 5.41) is 8.78.